The van der Waals surface area contributed by atoms with E-state index < -0.39 is 5.54 Å². The molecule has 1 aliphatic heterocycles. The summed E-state index contributed by atoms with van der Waals surface area (Å²) in [5.41, 5.74) is 4.54. The van der Waals surface area contributed by atoms with E-state index >= 15 is 0 Å². The van der Waals surface area contributed by atoms with Crippen molar-refractivity contribution < 1.29 is 4.79 Å². The minimum absolute atomic E-state index is 0.212. The SMILES string of the molecule is CC1(C)[C@@H]2CC3=CC(C(=O)NN)(c4cccs4)NC=C3[C@H]1C2. The van der Waals surface area contributed by atoms with Crippen LogP contribution >= 0.6 is 11.3 Å². The maximum Gasteiger partial charge on any atom is 0.269 e. The van der Waals surface area contributed by atoms with Crippen LogP contribution in [0.3, 0.4) is 0 Å². The summed E-state index contributed by atoms with van der Waals surface area (Å²) >= 11 is 1.57. The van der Waals surface area contributed by atoms with E-state index in [1.165, 1.54) is 17.6 Å². The van der Waals surface area contributed by atoms with Crippen molar-refractivity contribution in [2.45, 2.75) is 32.2 Å². The van der Waals surface area contributed by atoms with Gasteiger partial charge in [-0.2, -0.15) is 0 Å². The lowest BCUT2D eigenvalue weighted by molar-refractivity contribution is -0.126. The second-order valence-corrected chi connectivity index (χ2v) is 8.13. The number of rotatable bonds is 2. The first-order valence-corrected chi connectivity index (χ1v) is 8.62. The van der Waals surface area contributed by atoms with Gasteiger partial charge in [-0.15, -0.1) is 11.3 Å². The molecule has 1 aromatic rings. The summed E-state index contributed by atoms with van der Waals surface area (Å²) in [5, 5.41) is 5.35. The average Bonchev–Trinajstić information content (AvgIpc) is 3.07. The molecule has 0 aromatic carbocycles. The first-order valence-electron chi connectivity index (χ1n) is 7.74. The summed E-state index contributed by atoms with van der Waals surface area (Å²) < 4.78 is 0. The number of amides is 1. The molecule has 4 N–H and O–H groups in total. The molecule has 0 spiro atoms. The third kappa shape index (κ3) is 1.64. The van der Waals surface area contributed by atoms with Gasteiger partial charge in [0, 0.05) is 11.1 Å². The van der Waals surface area contributed by atoms with Gasteiger partial charge in [-0.1, -0.05) is 19.9 Å². The molecule has 0 saturated heterocycles. The van der Waals surface area contributed by atoms with Crippen LogP contribution in [0.4, 0.5) is 0 Å². The standard InChI is InChI=1S/C17H21N3OS/c1-16(2)11-6-10-8-17(15(21)20-18,14-4-3-5-22-14)19-9-12(10)13(16)7-11/h3-5,8-9,11,13,19H,6-7,18H2,1-2H3,(H,20,21)/t11-,13-,17?/m1/s1. The zero-order chi connectivity index (χ0) is 15.5. The summed E-state index contributed by atoms with van der Waals surface area (Å²) in [7, 11) is 0. The van der Waals surface area contributed by atoms with Crippen LogP contribution in [0.15, 0.2) is 40.9 Å². The molecule has 4 nitrogen and oxygen atoms in total. The molecular weight excluding hydrogens is 294 g/mol. The molecule has 2 heterocycles. The lowest BCUT2D eigenvalue weighted by Gasteiger charge is -2.59. The number of carbonyl (C=O) groups is 1. The van der Waals surface area contributed by atoms with Crippen molar-refractivity contribution in [1.82, 2.24) is 10.7 Å². The van der Waals surface area contributed by atoms with Crippen LogP contribution in [0.2, 0.25) is 0 Å². The first-order chi connectivity index (χ1) is 10.5. The van der Waals surface area contributed by atoms with Gasteiger partial charge in [0.25, 0.3) is 5.91 Å². The predicted molar refractivity (Wildman–Crippen MR) is 87.6 cm³/mol. The van der Waals surface area contributed by atoms with E-state index in [0.717, 1.165) is 17.2 Å². The highest BCUT2D eigenvalue weighted by molar-refractivity contribution is 7.10. The Balaban J connectivity index is 1.77. The van der Waals surface area contributed by atoms with Crippen molar-refractivity contribution >= 4 is 17.2 Å². The van der Waals surface area contributed by atoms with Gasteiger partial charge in [-0.3, -0.25) is 10.2 Å². The third-order valence-corrected chi connectivity index (χ3v) is 6.93. The Kier molecular flexibility index (Phi) is 2.84. The Hall–Kier alpha value is -1.59. The molecule has 5 heteroatoms. The molecule has 116 valence electrons. The Morgan fingerprint density at radius 3 is 2.95 bits per heavy atom. The Morgan fingerprint density at radius 2 is 2.32 bits per heavy atom. The number of thiophene rings is 1. The minimum atomic E-state index is -0.865. The predicted octanol–water partition coefficient (Wildman–Crippen LogP) is 2.41. The van der Waals surface area contributed by atoms with Crippen LogP contribution in [0, 0.1) is 17.3 Å². The van der Waals surface area contributed by atoms with Crippen LogP contribution in [-0.4, -0.2) is 5.91 Å². The topological polar surface area (TPSA) is 67.2 Å². The highest BCUT2D eigenvalue weighted by Gasteiger charge is 2.55. The Bertz CT molecular complexity index is 689. The van der Waals surface area contributed by atoms with Crippen LogP contribution < -0.4 is 16.6 Å². The van der Waals surface area contributed by atoms with E-state index in [2.05, 4.69) is 36.9 Å². The molecule has 3 aliphatic carbocycles. The molecule has 0 radical (unpaired) electrons. The first kappa shape index (κ1) is 14.0. The molecule has 3 fully saturated rings. The molecule has 4 aliphatic rings. The highest BCUT2D eigenvalue weighted by atomic mass is 32.1. The van der Waals surface area contributed by atoms with Crippen LogP contribution in [0.25, 0.3) is 0 Å². The molecule has 1 amide bonds. The summed E-state index contributed by atoms with van der Waals surface area (Å²) in [4.78, 5) is 13.5. The van der Waals surface area contributed by atoms with Crippen LogP contribution in [0.5, 0.6) is 0 Å². The number of hydrazine groups is 1. The Morgan fingerprint density at radius 1 is 1.50 bits per heavy atom. The monoisotopic (exact) mass is 315 g/mol. The van der Waals surface area contributed by atoms with Crippen molar-refractivity contribution in [1.29, 1.82) is 0 Å². The zero-order valence-electron chi connectivity index (χ0n) is 12.8. The van der Waals surface area contributed by atoms with E-state index in [9.17, 15) is 4.79 Å². The molecule has 3 atom stereocenters. The van der Waals surface area contributed by atoms with Gasteiger partial charge in [-0.25, -0.2) is 5.84 Å². The fourth-order valence-electron chi connectivity index (χ4n) is 4.33. The lowest BCUT2D eigenvalue weighted by Crippen LogP contribution is -2.57. The Labute approximate surface area is 134 Å². The summed E-state index contributed by atoms with van der Waals surface area (Å²) in [6.07, 6.45) is 6.49. The highest BCUT2D eigenvalue weighted by Crippen LogP contribution is 2.63. The second kappa shape index (κ2) is 4.46. The summed E-state index contributed by atoms with van der Waals surface area (Å²) in [6, 6.07) is 3.95. The number of allylic oxidation sites excluding steroid dienone is 2. The van der Waals surface area contributed by atoms with Gasteiger partial charge >= 0.3 is 0 Å². The van der Waals surface area contributed by atoms with E-state index in [0.29, 0.717) is 11.3 Å². The second-order valence-electron chi connectivity index (χ2n) is 7.18. The summed E-state index contributed by atoms with van der Waals surface area (Å²) in [6.45, 7) is 4.72. The molecule has 1 unspecified atom stereocenters. The molecule has 5 rings (SSSR count). The average molecular weight is 315 g/mol. The van der Waals surface area contributed by atoms with Crippen molar-refractivity contribution in [2.75, 3.05) is 0 Å². The van der Waals surface area contributed by atoms with Gasteiger partial charge in [0.1, 0.15) is 0 Å². The smallest absolute Gasteiger partial charge is 0.269 e. The van der Waals surface area contributed by atoms with Crippen molar-refractivity contribution in [3.8, 4) is 0 Å². The van der Waals surface area contributed by atoms with Gasteiger partial charge in [0.2, 0.25) is 0 Å². The van der Waals surface area contributed by atoms with E-state index in [4.69, 9.17) is 5.84 Å². The van der Waals surface area contributed by atoms with Gasteiger partial charge in [0.05, 0.1) is 0 Å². The summed E-state index contributed by atoms with van der Waals surface area (Å²) in [5.74, 6) is 6.57. The molecule has 2 bridgehead atoms. The van der Waals surface area contributed by atoms with E-state index in [1.807, 2.05) is 17.5 Å². The third-order valence-electron chi connectivity index (χ3n) is 5.93. The molecule has 3 saturated carbocycles. The van der Waals surface area contributed by atoms with Crippen molar-refractivity contribution in [2.24, 2.45) is 23.1 Å². The maximum atomic E-state index is 12.5. The number of nitrogens with one attached hydrogen (secondary N) is 2. The molecule has 22 heavy (non-hydrogen) atoms. The largest absolute Gasteiger partial charge is 0.369 e. The number of carbonyl (C=O) groups excluding carboxylic acids is 1. The minimum Gasteiger partial charge on any atom is -0.369 e. The molecular formula is C17H21N3OS. The van der Waals surface area contributed by atoms with Gasteiger partial charge in [-0.05, 0) is 58.8 Å². The fraction of sp³-hybridized carbons (Fsp3) is 0.471. The normalized spacial score (nSPS) is 34.5. The van der Waals surface area contributed by atoms with E-state index in [-0.39, 0.29) is 5.91 Å². The van der Waals surface area contributed by atoms with E-state index in [1.54, 1.807) is 11.3 Å². The van der Waals surface area contributed by atoms with Gasteiger partial charge < -0.3 is 5.32 Å². The van der Waals surface area contributed by atoms with Crippen molar-refractivity contribution in [3.05, 3.63) is 45.8 Å². The maximum absolute atomic E-state index is 12.5. The quantitative estimate of drug-likeness (QED) is 0.446. The van der Waals surface area contributed by atoms with Crippen molar-refractivity contribution in [3.63, 3.8) is 0 Å². The zero-order valence-corrected chi connectivity index (χ0v) is 13.7. The number of dihydropyridines is 1. The van der Waals surface area contributed by atoms with Gasteiger partial charge in [0.15, 0.2) is 5.54 Å². The van der Waals surface area contributed by atoms with Crippen LogP contribution in [-0.2, 0) is 10.3 Å². The fourth-order valence-corrected chi connectivity index (χ4v) is 5.19. The van der Waals surface area contributed by atoms with Crippen LogP contribution in [0.1, 0.15) is 31.6 Å². The number of nitrogens with two attached hydrogens (primary N) is 1. The molecule has 1 aromatic heterocycles. The number of hydrogen-bond donors (Lipinski definition) is 3. The number of hydrogen-bond acceptors (Lipinski definition) is 4. The lowest BCUT2D eigenvalue weighted by atomic mass is 9.46.